The molecule has 1 heterocycles. The minimum atomic E-state index is -0.731. The second kappa shape index (κ2) is 5.32. The number of carbonyl (C=O) groups is 2. The lowest BCUT2D eigenvalue weighted by atomic mass is 10.2. The van der Waals surface area contributed by atoms with Gasteiger partial charge in [0.15, 0.2) is 0 Å². The molecular weight excluding hydrogens is 198 g/mol. The molecule has 1 saturated heterocycles. The molecule has 6 heteroatoms. The summed E-state index contributed by atoms with van der Waals surface area (Å²) in [5, 5.41) is 10.5. The van der Waals surface area contributed by atoms with Crippen LogP contribution < -0.4 is 5.32 Å². The van der Waals surface area contributed by atoms with Crippen molar-refractivity contribution in [1.82, 2.24) is 10.2 Å². The molecule has 1 atom stereocenters. The molecule has 0 aromatic carbocycles. The molecular formula is C9H13N3O3. The number of nitrogens with zero attached hydrogens (tertiary/aromatic N) is 2. The molecule has 6 nitrogen and oxygen atoms in total. The first kappa shape index (κ1) is 11.5. The molecule has 0 aromatic heterocycles. The van der Waals surface area contributed by atoms with E-state index in [-0.39, 0.29) is 12.6 Å². The predicted octanol–water partition coefficient (Wildman–Crippen LogP) is -1.13. The van der Waals surface area contributed by atoms with Gasteiger partial charge in [-0.3, -0.25) is 9.59 Å². The van der Waals surface area contributed by atoms with Crippen LogP contribution in [0.4, 0.5) is 0 Å². The highest BCUT2D eigenvalue weighted by atomic mass is 16.5. The topological polar surface area (TPSA) is 82.4 Å². The summed E-state index contributed by atoms with van der Waals surface area (Å²) in [6.45, 7) is 2.97. The lowest BCUT2D eigenvalue weighted by Gasteiger charge is -2.32. The van der Waals surface area contributed by atoms with Crippen LogP contribution in [-0.4, -0.2) is 49.1 Å². The van der Waals surface area contributed by atoms with Crippen molar-refractivity contribution in [2.24, 2.45) is 0 Å². The van der Waals surface area contributed by atoms with Crippen molar-refractivity contribution in [3.05, 3.63) is 0 Å². The Morgan fingerprint density at radius 3 is 3.00 bits per heavy atom. The number of amides is 2. The van der Waals surface area contributed by atoms with Gasteiger partial charge in [0.05, 0.1) is 25.3 Å². The van der Waals surface area contributed by atoms with Gasteiger partial charge in [-0.25, -0.2) is 0 Å². The fourth-order valence-corrected chi connectivity index (χ4v) is 1.35. The molecule has 0 radical (unpaired) electrons. The van der Waals surface area contributed by atoms with E-state index in [1.807, 2.05) is 6.92 Å². The second-order valence-electron chi connectivity index (χ2n) is 3.26. The van der Waals surface area contributed by atoms with Crippen LogP contribution in [-0.2, 0) is 14.3 Å². The summed E-state index contributed by atoms with van der Waals surface area (Å²) >= 11 is 0. The summed E-state index contributed by atoms with van der Waals surface area (Å²) in [4.78, 5) is 24.3. The minimum absolute atomic E-state index is 0.0981. The Bertz CT molecular complexity index is 297. The summed E-state index contributed by atoms with van der Waals surface area (Å²) in [5.41, 5.74) is 0. The van der Waals surface area contributed by atoms with Crippen molar-refractivity contribution in [3.63, 3.8) is 0 Å². The number of hydrogen-bond acceptors (Lipinski definition) is 4. The van der Waals surface area contributed by atoms with Crippen molar-refractivity contribution in [3.8, 4) is 6.07 Å². The maximum Gasteiger partial charge on any atom is 0.312 e. The Labute approximate surface area is 87.8 Å². The minimum Gasteiger partial charge on any atom is -0.377 e. The van der Waals surface area contributed by atoms with Gasteiger partial charge in [-0.1, -0.05) is 0 Å². The van der Waals surface area contributed by atoms with E-state index < -0.39 is 11.8 Å². The first-order valence-electron chi connectivity index (χ1n) is 4.70. The van der Waals surface area contributed by atoms with Crippen molar-refractivity contribution < 1.29 is 14.3 Å². The number of ether oxygens (including phenoxy) is 1. The van der Waals surface area contributed by atoms with Crippen LogP contribution in [0.25, 0.3) is 0 Å². The molecule has 1 aliphatic heterocycles. The van der Waals surface area contributed by atoms with Crippen molar-refractivity contribution >= 4 is 11.8 Å². The average Bonchev–Trinajstić information content (AvgIpc) is 2.25. The van der Waals surface area contributed by atoms with Gasteiger partial charge in [-0.05, 0) is 6.92 Å². The maximum atomic E-state index is 11.6. The van der Waals surface area contributed by atoms with E-state index in [0.717, 1.165) is 0 Å². The molecule has 82 valence electrons. The SMILES string of the molecule is CC1COCCN1C(=O)C(=O)NCC#N. The molecule has 0 aliphatic carbocycles. The Balaban J connectivity index is 2.51. The molecule has 1 rings (SSSR count). The Morgan fingerprint density at radius 2 is 2.40 bits per heavy atom. The Morgan fingerprint density at radius 1 is 1.67 bits per heavy atom. The van der Waals surface area contributed by atoms with Crippen LogP contribution in [0.3, 0.4) is 0 Å². The smallest absolute Gasteiger partial charge is 0.312 e. The number of hydrogen-bond donors (Lipinski definition) is 1. The van der Waals surface area contributed by atoms with E-state index in [0.29, 0.717) is 19.8 Å². The van der Waals surface area contributed by atoms with E-state index in [4.69, 9.17) is 10.00 Å². The van der Waals surface area contributed by atoms with Crippen LogP contribution in [0, 0.1) is 11.3 Å². The number of nitrogens with one attached hydrogen (secondary N) is 1. The highest BCUT2D eigenvalue weighted by Gasteiger charge is 2.28. The summed E-state index contributed by atoms with van der Waals surface area (Å²) in [7, 11) is 0. The molecule has 0 spiro atoms. The molecule has 1 unspecified atom stereocenters. The van der Waals surface area contributed by atoms with Crippen LogP contribution in [0.5, 0.6) is 0 Å². The van der Waals surface area contributed by atoms with Gasteiger partial charge in [0.25, 0.3) is 0 Å². The molecule has 0 saturated carbocycles. The average molecular weight is 211 g/mol. The normalized spacial score (nSPS) is 20.5. The fraction of sp³-hybridized carbons (Fsp3) is 0.667. The summed E-state index contributed by atoms with van der Waals surface area (Å²) in [6, 6.07) is 1.64. The zero-order chi connectivity index (χ0) is 11.3. The van der Waals surface area contributed by atoms with Crippen molar-refractivity contribution in [1.29, 1.82) is 5.26 Å². The fourth-order valence-electron chi connectivity index (χ4n) is 1.35. The molecule has 0 aromatic rings. The predicted molar refractivity (Wildman–Crippen MR) is 50.6 cm³/mol. The van der Waals surface area contributed by atoms with E-state index in [1.165, 1.54) is 4.90 Å². The van der Waals surface area contributed by atoms with Gasteiger partial charge in [-0.2, -0.15) is 5.26 Å². The largest absolute Gasteiger partial charge is 0.377 e. The third kappa shape index (κ3) is 2.92. The van der Waals surface area contributed by atoms with E-state index in [1.54, 1.807) is 6.07 Å². The molecule has 0 bridgehead atoms. The van der Waals surface area contributed by atoms with E-state index in [9.17, 15) is 9.59 Å². The maximum absolute atomic E-state index is 11.6. The highest BCUT2D eigenvalue weighted by Crippen LogP contribution is 2.05. The Kier molecular flexibility index (Phi) is 4.06. The van der Waals surface area contributed by atoms with Crippen LogP contribution in [0.1, 0.15) is 6.92 Å². The van der Waals surface area contributed by atoms with Crippen LogP contribution in [0.2, 0.25) is 0 Å². The number of carbonyl (C=O) groups excluding carboxylic acids is 2. The molecule has 2 amide bonds. The third-order valence-corrected chi connectivity index (χ3v) is 2.15. The van der Waals surface area contributed by atoms with Gasteiger partial charge in [0.2, 0.25) is 0 Å². The number of rotatable bonds is 1. The summed E-state index contributed by atoms with van der Waals surface area (Å²) in [5.74, 6) is -1.33. The zero-order valence-electron chi connectivity index (χ0n) is 8.52. The first-order valence-corrected chi connectivity index (χ1v) is 4.70. The monoisotopic (exact) mass is 211 g/mol. The summed E-state index contributed by atoms with van der Waals surface area (Å²) < 4.78 is 5.15. The number of nitriles is 1. The van der Waals surface area contributed by atoms with Gasteiger partial charge in [0, 0.05) is 6.54 Å². The van der Waals surface area contributed by atoms with E-state index in [2.05, 4.69) is 5.32 Å². The zero-order valence-corrected chi connectivity index (χ0v) is 8.52. The van der Waals surface area contributed by atoms with Gasteiger partial charge < -0.3 is 15.0 Å². The lowest BCUT2D eigenvalue weighted by Crippen LogP contribution is -2.52. The second-order valence-corrected chi connectivity index (χ2v) is 3.26. The van der Waals surface area contributed by atoms with Crippen molar-refractivity contribution in [2.45, 2.75) is 13.0 Å². The molecule has 1 N–H and O–H groups in total. The Hall–Kier alpha value is -1.61. The standard InChI is InChI=1S/C9H13N3O3/c1-7-6-15-5-4-12(7)9(14)8(13)11-3-2-10/h7H,3-6H2,1H3,(H,11,13). The number of morpholine rings is 1. The van der Waals surface area contributed by atoms with Crippen LogP contribution in [0.15, 0.2) is 0 Å². The van der Waals surface area contributed by atoms with Gasteiger partial charge in [0.1, 0.15) is 6.54 Å². The lowest BCUT2D eigenvalue weighted by molar-refractivity contribution is -0.150. The van der Waals surface area contributed by atoms with Gasteiger partial charge in [-0.15, -0.1) is 0 Å². The van der Waals surface area contributed by atoms with Gasteiger partial charge >= 0.3 is 11.8 Å². The molecule has 1 aliphatic rings. The highest BCUT2D eigenvalue weighted by molar-refractivity contribution is 6.35. The summed E-state index contributed by atoms with van der Waals surface area (Å²) in [6.07, 6.45) is 0. The first-order chi connectivity index (χ1) is 7.16. The molecule has 15 heavy (non-hydrogen) atoms. The van der Waals surface area contributed by atoms with E-state index >= 15 is 0 Å². The third-order valence-electron chi connectivity index (χ3n) is 2.15. The van der Waals surface area contributed by atoms with Crippen molar-refractivity contribution in [2.75, 3.05) is 26.3 Å². The van der Waals surface area contributed by atoms with Crippen LogP contribution >= 0.6 is 0 Å². The molecule has 1 fully saturated rings. The quantitative estimate of drug-likeness (QED) is 0.439.